The summed E-state index contributed by atoms with van der Waals surface area (Å²) < 4.78 is 5.49. The Bertz CT molecular complexity index is 482. The molecule has 1 aromatic heterocycles. The average Bonchev–Trinajstić information content (AvgIpc) is 2.96. The highest BCUT2D eigenvalue weighted by Crippen LogP contribution is 2.08. The molecule has 100 valence electrons. The highest BCUT2D eigenvalue weighted by molar-refractivity contribution is 7.07. The molecule has 0 fully saturated rings. The monoisotopic (exact) mass is 275 g/mol. The van der Waals surface area contributed by atoms with Crippen LogP contribution < -0.4 is 10.1 Å². The number of ether oxygens (including phenoxy) is 1. The fourth-order valence-electron chi connectivity index (χ4n) is 1.66. The summed E-state index contributed by atoms with van der Waals surface area (Å²) in [5.74, 6) is 0.901. The first-order valence-electron chi connectivity index (χ1n) is 6.30. The van der Waals surface area contributed by atoms with E-state index >= 15 is 0 Å². The van der Waals surface area contributed by atoms with E-state index in [0.717, 1.165) is 12.2 Å². The van der Waals surface area contributed by atoms with Crippen molar-refractivity contribution in [1.82, 2.24) is 5.32 Å². The SMILES string of the molecule is O=C(CCc1ccsc1)NCCOc1ccccc1. The molecule has 0 aliphatic heterocycles. The Balaban J connectivity index is 1.57. The Hall–Kier alpha value is -1.81. The van der Waals surface area contributed by atoms with Crippen molar-refractivity contribution in [2.24, 2.45) is 0 Å². The van der Waals surface area contributed by atoms with Crippen LogP contribution in [0.4, 0.5) is 0 Å². The summed E-state index contributed by atoms with van der Waals surface area (Å²) in [5.41, 5.74) is 1.22. The lowest BCUT2D eigenvalue weighted by Crippen LogP contribution is -2.28. The molecule has 4 heteroatoms. The van der Waals surface area contributed by atoms with Crippen molar-refractivity contribution in [2.45, 2.75) is 12.8 Å². The molecule has 0 saturated carbocycles. The molecule has 0 unspecified atom stereocenters. The molecule has 1 heterocycles. The van der Waals surface area contributed by atoms with Gasteiger partial charge in [0, 0.05) is 6.42 Å². The van der Waals surface area contributed by atoms with E-state index in [1.165, 1.54) is 5.56 Å². The minimum absolute atomic E-state index is 0.0721. The molecule has 0 aliphatic carbocycles. The Morgan fingerprint density at radius 3 is 2.79 bits per heavy atom. The van der Waals surface area contributed by atoms with Crippen molar-refractivity contribution in [2.75, 3.05) is 13.2 Å². The molecule has 3 nitrogen and oxygen atoms in total. The number of nitrogens with one attached hydrogen (secondary N) is 1. The predicted octanol–water partition coefficient (Wildman–Crippen LogP) is 2.88. The topological polar surface area (TPSA) is 38.3 Å². The van der Waals surface area contributed by atoms with Crippen LogP contribution in [-0.4, -0.2) is 19.1 Å². The van der Waals surface area contributed by atoms with Crippen LogP contribution in [0.5, 0.6) is 5.75 Å². The van der Waals surface area contributed by atoms with Gasteiger partial charge >= 0.3 is 0 Å². The number of rotatable bonds is 7. The van der Waals surface area contributed by atoms with Crippen molar-refractivity contribution in [3.8, 4) is 5.75 Å². The van der Waals surface area contributed by atoms with E-state index in [2.05, 4.69) is 16.8 Å². The van der Waals surface area contributed by atoms with Gasteiger partial charge in [0.2, 0.25) is 5.91 Å². The molecular formula is C15H17NO2S. The molecule has 1 N–H and O–H groups in total. The number of carbonyl (C=O) groups excluding carboxylic acids is 1. The van der Waals surface area contributed by atoms with E-state index in [4.69, 9.17) is 4.74 Å². The summed E-state index contributed by atoms with van der Waals surface area (Å²) in [6.45, 7) is 1.03. The van der Waals surface area contributed by atoms with Crippen LogP contribution in [0, 0.1) is 0 Å². The normalized spacial score (nSPS) is 10.1. The van der Waals surface area contributed by atoms with Crippen LogP contribution in [-0.2, 0) is 11.2 Å². The fraction of sp³-hybridized carbons (Fsp3) is 0.267. The predicted molar refractivity (Wildman–Crippen MR) is 77.6 cm³/mol. The van der Waals surface area contributed by atoms with Crippen LogP contribution in [0.3, 0.4) is 0 Å². The fourth-order valence-corrected chi connectivity index (χ4v) is 2.36. The second-order valence-electron chi connectivity index (χ2n) is 4.14. The maximum atomic E-state index is 11.6. The first kappa shape index (κ1) is 13.6. The number of hydrogen-bond acceptors (Lipinski definition) is 3. The van der Waals surface area contributed by atoms with E-state index in [-0.39, 0.29) is 5.91 Å². The Morgan fingerprint density at radius 2 is 2.05 bits per heavy atom. The third-order valence-electron chi connectivity index (χ3n) is 2.66. The molecule has 0 bridgehead atoms. The van der Waals surface area contributed by atoms with E-state index in [9.17, 15) is 4.79 Å². The van der Waals surface area contributed by atoms with Crippen molar-refractivity contribution in [3.63, 3.8) is 0 Å². The van der Waals surface area contributed by atoms with Gasteiger partial charge in [-0.05, 0) is 40.9 Å². The third kappa shape index (κ3) is 5.14. The van der Waals surface area contributed by atoms with Gasteiger partial charge in [0.05, 0.1) is 6.54 Å². The lowest BCUT2D eigenvalue weighted by Gasteiger charge is -2.07. The first-order valence-corrected chi connectivity index (χ1v) is 7.24. The highest BCUT2D eigenvalue weighted by Gasteiger charge is 2.02. The molecule has 0 saturated heterocycles. The molecule has 19 heavy (non-hydrogen) atoms. The smallest absolute Gasteiger partial charge is 0.220 e. The molecule has 2 aromatic rings. The molecule has 1 aromatic carbocycles. The van der Waals surface area contributed by atoms with Gasteiger partial charge in [-0.25, -0.2) is 0 Å². The summed E-state index contributed by atoms with van der Waals surface area (Å²) >= 11 is 1.66. The molecular weight excluding hydrogens is 258 g/mol. The van der Waals surface area contributed by atoms with Gasteiger partial charge in [0.1, 0.15) is 12.4 Å². The summed E-state index contributed by atoms with van der Waals surface area (Å²) in [4.78, 5) is 11.6. The Morgan fingerprint density at radius 1 is 1.21 bits per heavy atom. The van der Waals surface area contributed by atoms with Crippen molar-refractivity contribution < 1.29 is 9.53 Å². The average molecular weight is 275 g/mol. The molecule has 2 rings (SSSR count). The lowest BCUT2D eigenvalue weighted by atomic mass is 10.2. The van der Waals surface area contributed by atoms with Gasteiger partial charge in [-0.3, -0.25) is 4.79 Å². The largest absolute Gasteiger partial charge is 0.492 e. The van der Waals surface area contributed by atoms with Crippen LogP contribution >= 0.6 is 11.3 Å². The number of para-hydroxylation sites is 1. The zero-order valence-electron chi connectivity index (χ0n) is 10.7. The maximum Gasteiger partial charge on any atom is 0.220 e. The highest BCUT2D eigenvalue weighted by atomic mass is 32.1. The number of benzene rings is 1. The molecule has 0 radical (unpaired) electrons. The Labute approximate surface area is 117 Å². The van der Waals surface area contributed by atoms with Crippen molar-refractivity contribution >= 4 is 17.2 Å². The second kappa shape index (κ2) is 7.59. The minimum atomic E-state index is 0.0721. The second-order valence-corrected chi connectivity index (χ2v) is 4.92. The van der Waals surface area contributed by atoms with Crippen molar-refractivity contribution in [1.29, 1.82) is 0 Å². The van der Waals surface area contributed by atoms with Crippen LogP contribution in [0.2, 0.25) is 0 Å². The van der Waals surface area contributed by atoms with Gasteiger partial charge in [-0.15, -0.1) is 0 Å². The lowest BCUT2D eigenvalue weighted by molar-refractivity contribution is -0.121. The minimum Gasteiger partial charge on any atom is -0.492 e. The summed E-state index contributed by atoms with van der Waals surface area (Å²) in [5, 5.41) is 6.96. The molecule has 0 atom stereocenters. The van der Waals surface area contributed by atoms with Crippen molar-refractivity contribution in [3.05, 3.63) is 52.7 Å². The third-order valence-corrected chi connectivity index (χ3v) is 3.39. The van der Waals surface area contributed by atoms with Crippen LogP contribution in [0.1, 0.15) is 12.0 Å². The summed E-state index contributed by atoms with van der Waals surface area (Å²) in [6.07, 6.45) is 1.33. The summed E-state index contributed by atoms with van der Waals surface area (Å²) in [6, 6.07) is 11.6. The van der Waals surface area contributed by atoms with E-state index in [1.807, 2.05) is 35.7 Å². The van der Waals surface area contributed by atoms with Crippen LogP contribution in [0.15, 0.2) is 47.2 Å². The van der Waals surface area contributed by atoms with Gasteiger partial charge in [0.15, 0.2) is 0 Å². The number of hydrogen-bond donors (Lipinski definition) is 1. The van der Waals surface area contributed by atoms with Gasteiger partial charge in [-0.2, -0.15) is 11.3 Å². The number of aryl methyl sites for hydroxylation is 1. The number of amides is 1. The molecule has 1 amide bonds. The zero-order chi connectivity index (χ0) is 13.3. The first-order chi connectivity index (χ1) is 9.34. The van der Waals surface area contributed by atoms with Gasteiger partial charge in [-0.1, -0.05) is 18.2 Å². The Kier molecular flexibility index (Phi) is 5.44. The summed E-state index contributed by atoms with van der Waals surface area (Å²) in [7, 11) is 0. The van der Waals surface area contributed by atoms with Crippen LogP contribution in [0.25, 0.3) is 0 Å². The number of thiophene rings is 1. The molecule has 0 spiro atoms. The standard InChI is InChI=1S/C15H17NO2S/c17-15(7-6-13-8-11-19-12-13)16-9-10-18-14-4-2-1-3-5-14/h1-5,8,11-12H,6-7,9-10H2,(H,16,17). The molecule has 0 aliphatic rings. The van der Waals surface area contributed by atoms with E-state index in [1.54, 1.807) is 11.3 Å². The maximum absolute atomic E-state index is 11.6. The van der Waals surface area contributed by atoms with Gasteiger partial charge < -0.3 is 10.1 Å². The van der Waals surface area contributed by atoms with E-state index in [0.29, 0.717) is 19.6 Å². The van der Waals surface area contributed by atoms with Gasteiger partial charge in [0.25, 0.3) is 0 Å². The number of carbonyl (C=O) groups is 1. The zero-order valence-corrected chi connectivity index (χ0v) is 11.5. The van der Waals surface area contributed by atoms with E-state index < -0.39 is 0 Å². The quantitative estimate of drug-likeness (QED) is 0.789.